The van der Waals surface area contributed by atoms with E-state index in [9.17, 15) is 8.78 Å². The van der Waals surface area contributed by atoms with Gasteiger partial charge in [0, 0.05) is 17.0 Å². The number of para-hydroxylation sites is 3. The Morgan fingerprint density at radius 3 is 2.51 bits per heavy atom. The maximum Gasteiger partial charge on any atom is 0.295 e. The first kappa shape index (κ1) is 21.5. The third-order valence-electron chi connectivity index (χ3n) is 6.76. The lowest BCUT2D eigenvalue weighted by Crippen LogP contribution is -2.30. The average Bonchev–Trinajstić information content (AvgIpc) is 3.32. The molecule has 174 valence electrons. The van der Waals surface area contributed by atoms with Gasteiger partial charge in [0.25, 0.3) is 5.82 Å². The van der Waals surface area contributed by atoms with Crippen LogP contribution in [0.5, 0.6) is 0 Å². The Morgan fingerprint density at radius 1 is 0.971 bits per heavy atom. The second-order valence-corrected chi connectivity index (χ2v) is 9.29. The molecule has 0 aliphatic rings. The lowest BCUT2D eigenvalue weighted by atomic mass is 10.00. The highest BCUT2D eigenvalue weighted by molar-refractivity contribution is 6.05. The lowest BCUT2D eigenvalue weighted by molar-refractivity contribution is -0.633. The van der Waals surface area contributed by atoms with Crippen molar-refractivity contribution in [1.29, 1.82) is 0 Å². The van der Waals surface area contributed by atoms with E-state index in [4.69, 9.17) is 4.42 Å². The first-order valence-electron chi connectivity index (χ1n) is 11.6. The first-order chi connectivity index (χ1) is 16.8. The van der Waals surface area contributed by atoms with Crippen molar-refractivity contribution >= 4 is 33.1 Å². The van der Waals surface area contributed by atoms with E-state index >= 15 is 0 Å². The fourth-order valence-corrected chi connectivity index (χ4v) is 5.13. The summed E-state index contributed by atoms with van der Waals surface area (Å²) >= 11 is 0. The van der Waals surface area contributed by atoms with Gasteiger partial charge in [-0.1, -0.05) is 44.2 Å². The molecule has 0 amide bonds. The Bertz CT molecular complexity index is 1780. The molecule has 0 saturated heterocycles. The van der Waals surface area contributed by atoms with Gasteiger partial charge < -0.3 is 4.42 Å². The van der Waals surface area contributed by atoms with Crippen LogP contribution in [0, 0.1) is 18.7 Å². The van der Waals surface area contributed by atoms with E-state index in [1.165, 1.54) is 5.56 Å². The molecule has 0 aliphatic carbocycles. The van der Waals surface area contributed by atoms with Crippen molar-refractivity contribution in [3.8, 4) is 17.1 Å². The maximum atomic E-state index is 14.8. The quantitative estimate of drug-likeness (QED) is 0.205. The predicted octanol–water partition coefficient (Wildman–Crippen LogP) is 7.13. The van der Waals surface area contributed by atoms with Gasteiger partial charge in [-0.05, 0) is 48.7 Å². The highest BCUT2D eigenvalue weighted by Crippen LogP contribution is 2.37. The van der Waals surface area contributed by atoms with E-state index in [1.54, 1.807) is 0 Å². The van der Waals surface area contributed by atoms with Crippen LogP contribution in [0.25, 0.3) is 50.2 Å². The molecule has 0 spiro atoms. The van der Waals surface area contributed by atoms with Gasteiger partial charge >= 0.3 is 0 Å². The highest BCUT2D eigenvalue weighted by Gasteiger charge is 2.29. The zero-order valence-corrected chi connectivity index (χ0v) is 19.9. The van der Waals surface area contributed by atoms with E-state index in [0.717, 1.165) is 39.7 Å². The number of hydrogen-bond donors (Lipinski definition) is 0. The monoisotopic (exact) mass is 468 g/mol. The molecule has 0 bridgehead atoms. The minimum absolute atomic E-state index is 0.0378. The molecule has 6 rings (SSSR count). The summed E-state index contributed by atoms with van der Waals surface area (Å²) < 4.78 is 38.7. The van der Waals surface area contributed by atoms with Crippen LogP contribution < -0.4 is 4.57 Å². The number of imidazole rings is 1. The maximum absolute atomic E-state index is 14.8. The highest BCUT2D eigenvalue weighted by atomic mass is 19.1. The fourth-order valence-electron chi connectivity index (χ4n) is 5.13. The fraction of sp³-hybridized carbons (Fsp3) is 0.172. The number of pyridine rings is 1. The number of furan rings is 1. The van der Waals surface area contributed by atoms with Crippen molar-refractivity contribution in [2.45, 2.75) is 26.7 Å². The van der Waals surface area contributed by atoms with Crippen molar-refractivity contribution in [2.24, 2.45) is 7.05 Å². The van der Waals surface area contributed by atoms with Gasteiger partial charge in [0.1, 0.15) is 17.1 Å². The molecule has 4 nitrogen and oxygen atoms in total. The molecule has 3 aromatic carbocycles. The van der Waals surface area contributed by atoms with Crippen LogP contribution in [0.15, 0.2) is 71.1 Å². The van der Waals surface area contributed by atoms with Crippen molar-refractivity contribution in [2.75, 3.05) is 0 Å². The summed E-state index contributed by atoms with van der Waals surface area (Å²) in [6.07, 6.45) is 0. The van der Waals surface area contributed by atoms with Gasteiger partial charge in [-0.2, -0.15) is 13.9 Å². The number of nitrogens with zero attached hydrogens (tertiary/aromatic N) is 3. The van der Waals surface area contributed by atoms with Crippen LogP contribution in [0.2, 0.25) is 0 Å². The van der Waals surface area contributed by atoms with Crippen molar-refractivity contribution in [1.82, 2.24) is 9.55 Å². The zero-order chi connectivity index (χ0) is 24.4. The molecule has 0 saturated carbocycles. The molecule has 0 N–H and O–H groups in total. The predicted molar refractivity (Wildman–Crippen MR) is 134 cm³/mol. The second kappa shape index (κ2) is 7.73. The summed E-state index contributed by atoms with van der Waals surface area (Å²) in [5.74, 6) is -0.301. The van der Waals surface area contributed by atoms with Crippen LogP contribution in [-0.4, -0.2) is 9.55 Å². The molecule has 3 aromatic heterocycles. The summed E-state index contributed by atoms with van der Waals surface area (Å²) in [7, 11) is 2.04. The van der Waals surface area contributed by atoms with Gasteiger partial charge in [0.2, 0.25) is 11.7 Å². The van der Waals surface area contributed by atoms with Gasteiger partial charge in [-0.3, -0.25) is 0 Å². The van der Waals surface area contributed by atoms with E-state index in [1.807, 2.05) is 38.2 Å². The minimum atomic E-state index is -0.900. The van der Waals surface area contributed by atoms with Crippen LogP contribution in [-0.2, 0) is 7.05 Å². The van der Waals surface area contributed by atoms with E-state index in [-0.39, 0.29) is 11.1 Å². The smallest absolute Gasteiger partial charge is 0.295 e. The molecule has 0 unspecified atom stereocenters. The van der Waals surface area contributed by atoms with E-state index in [2.05, 4.69) is 64.4 Å². The van der Waals surface area contributed by atoms with Crippen molar-refractivity contribution in [3.05, 3.63) is 89.6 Å². The number of fused-ring (bicyclic) bond motifs is 4. The topological polar surface area (TPSA) is 34.8 Å². The standard InChI is InChI=1S/C29H24F2N3O/c1-16(2)18-9-5-6-10-22(18)34-24-12-8-7-11-23(24)33(4)29(34)19-14-20-25(13-17(19)3)35-28-27(20)21(30)15-26(31)32-28/h5-16H,1-4H3/q+1. The number of benzene rings is 3. The second-order valence-electron chi connectivity index (χ2n) is 9.29. The van der Waals surface area contributed by atoms with Gasteiger partial charge in [-0.15, -0.1) is 0 Å². The van der Waals surface area contributed by atoms with Gasteiger partial charge in [-0.25, -0.2) is 8.96 Å². The first-order valence-corrected chi connectivity index (χ1v) is 11.6. The van der Waals surface area contributed by atoms with Crippen LogP contribution in [0.3, 0.4) is 0 Å². The van der Waals surface area contributed by atoms with Crippen molar-refractivity contribution < 1.29 is 17.8 Å². The number of aryl methyl sites for hydroxylation is 2. The summed E-state index contributed by atoms with van der Waals surface area (Å²) in [6, 6.07) is 21.3. The average molecular weight is 469 g/mol. The van der Waals surface area contributed by atoms with Crippen LogP contribution >= 0.6 is 0 Å². The summed E-state index contributed by atoms with van der Waals surface area (Å²) in [6.45, 7) is 6.38. The third-order valence-corrected chi connectivity index (χ3v) is 6.76. The Balaban J connectivity index is 1.75. The molecular formula is C29H24F2N3O+. The number of rotatable bonds is 3. The number of aromatic nitrogens is 3. The summed E-state index contributed by atoms with van der Waals surface area (Å²) in [4.78, 5) is 3.77. The minimum Gasteiger partial charge on any atom is -0.437 e. The molecule has 6 aromatic rings. The molecule has 0 radical (unpaired) electrons. The van der Waals surface area contributed by atoms with E-state index in [0.29, 0.717) is 16.9 Å². The number of halogens is 2. The molecular weight excluding hydrogens is 444 g/mol. The Labute approximate surface area is 201 Å². The van der Waals surface area contributed by atoms with E-state index < -0.39 is 11.8 Å². The van der Waals surface area contributed by atoms with Gasteiger partial charge in [0.05, 0.1) is 18.0 Å². The molecule has 3 heterocycles. The largest absolute Gasteiger partial charge is 0.437 e. The molecule has 0 fully saturated rings. The van der Waals surface area contributed by atoms with Crippen LogP contribution in [0.4, 0.5) is 8.78 Å². The van der Waals surface area contributed by atoms with Crippen LogP contribution in [0.1, 0.15) is 30.9 Å². The Kier molecular flexibility index (Phi) is 4.74. The molecule has 0 aliphatic heterocycles. The Morgan fingerprint density at radius 2 is 1.71 bits per heavy atom. The molecule has 6 heteroatoms. The lowest BCUT2D eigenvalue weighted by Gasteiger charge is -2.12. The zero-order valence-electron chi connectivity index (χ0n) is 19.9. The molecule has 35 heavy (non-hydrogen) atoms. The third kappa shape index (κ3) is 3.16. The normalized spacial score (nSPS) is 12.0. The Hall–Kier alpha value is -4.06. The summed E-state index contributed by atoms with van der Waals surface area (Å²) in [5.41, 5.74) is 6.81. The van der Waals surface area contributed by atoms with Gasteiger partial charge in [0.15, 0.2) is 11.0 Å². The SMILES string of the molecule is Cc1cc2oc3nc(F)cc(F)c3c2cc1-c1n(-c2ccccc2C(C)C)c2ccccc2[n+]1C. The number of hydrogen-bond acceptors (Lipinski definition) is 2. The molecule has 0 atom stereocenters. The summed E-state index contributed by atoms with van der Waals surface area (Å²) in [5, 5.41) is 0.759. The van der Waals surface area contributed by atoms with Crippen molar-refractivity contribution in [3.63, 3.8) is 0 Å².